The van der Waals surface area contributed by atoms with Crippen LogP contribution in [-0.4, -0.2) is 68.2 Å². The minimum Gasteiger partial charge on any atom is -0.507 e. The fourth-order valence-corrected chi connectivity index (χ4v) is 4.88. The first-order valence-electron chi connectivity index (χ1n) is 11.8. The van der Waals surface area contributed by atoms with E-state index >= 15 is 0 Å². The van der Waals surface area contributed by atoms with Crippen LogP contribution in [0.4, 0.5) is 11.4 Å². The first-order chi connectivity index (χ1) is 17.4. The number of anilines is 2. The normalized spacial score (nSPS) is 14.1. The molecule has 37 heavy (non-hydrogen) atoms. The fraction of sp³-hybridized carbons (Fsp3) is 0.370. The molecule has 0 aliphatic heterocycles. The van der Waals surface area contributed by atoms with E-state index in [9.17, 15) is 29.7 Å². The number of ether oxygens (including phenoxy) is 1. The Labute approximate surface area is 215 Å². The third-order valence-corrected chi connectivity index (χ3v) is 6.44. The van der Waals surface area contributed by atoms with Crippen molar-refractivity contribution in [1.82, 2.24) is 5.32 Å². The Kier molecular flexibility index (Phi) is 7.71. The molecule has 2 aromatic carbocycles. The van der Waals surface area contributed by atoms with Gasteiger partial charge in [-0.3, -0.25) is 19.7 Å². The van der Waals surface area contributed by atoms with Gasteiger partial charge in [0, 0.05) is 46.4 Å². The van der Waals surface area contributed by atoms with Crippen LogP contribution in [0.1, 0.15) is 57.7 Å². The minimum absolute atomic E-state index is 0.0417. The maximum Gasteiger partial charge on any atom is 0.265 e. The number of hydrogen-bond donors (Lipinski definition) is 4. The van der Waals surface area contributed by atoms with Gasteiger partial charge in [-0.15, -0.1) is 0 Å². The van der Waals surface area contributed by atoms with Crippen LogP contribution < -0.4 is 19.9 Å². The second-order valence-electron chi connectivity index (χ2n) is 9.22. The topological polar surface area (TPSA) is 140 Å². The first-order valence-corrected chi connectivity index (χ1v) is 11.8. The number of aromatic hydroxyl groups is 2. The zero-order valence-electron chi connectivity index (χ0n) is 22.1. The smallest absolute Gasteiger partial charge is 0.265 e. The third kappa shape index (κ3) is 4.66. The molecule has 0 saturated carbocycles. The van der Waals surface area contributed by atoms with Crippen molar-refractivity contribution in [3.8, 4) is 17.2 Å². The lowest BCUT2D eigenvalue weighted by molar-refractivity contribution is -0.118. The minimum atomic E-state index is -1.05. The van der Waals surface area contributed by atoms with Gasteiger partial charge in [-0.05, 0) is 42.5 Å². The van der Waals surface area contributed by atoms with Crippen LogP contribution in [0.2, 0.25) is 0 Å². The number of rotatable bonds is 6. The number of hydrogen-bond acceptors (Lipinski definition) is 9. The predicted octanol–water partition coefficient (Wildman–Crippen LogP) is 3.18. The van der Waals surface area contributed by atoms with Gasteiger partial charge in [0.05, 0.1) is 23.9 Å². The molecule has 0 heterocycles. The molecule has 0 unspecified atom stereocenters. The molecule has 10 nitrogen and oxygen atoms in total. The molecule has 3 rings (SSSR count). The zero-order chi connectivity index (χ0) is 27.8. The van der Waals surface area contributed by atoms with Crippen LogP contribution in [0.5, 0.6) is 17.2 Å². The van der Waals surface area contributed by atoms with Gasteiger partial charge in [0.15, 0.2) is 11.5 Å². The van der Waals surface area contributed by atoms with Crippen molar-refractivity contribution in [2.75, 3.05) is 45.1 Å². The molecule has 0 spiro atoms. The van der Waals surface area contributed by atoms with E-state index in [4.69, 9.17) is 4.74 Å². The number of phenols is 2. The van der Waals surface area contributed by atoms with Crippen LogP contribution in [0.15, 0.2) is 17.7 Å². The number of aliphatic hydroxyl groups is 1. The van der Waals surface area contributed by atoms with E-state index in [0.717, 1.165) is 18.2 Å². The number of fused-ring (bicyclic) bond motifs is 1. The number of imide groups is 1. The molecule has 1 aliphatic rings. The van der Waals surface area contributed by atoms with Crippen LogP contribution in [0.3, 0.4) is 0 Å². The Bertz CT molecular complexity index is 1330. The SMILES string of the molecule is CCc1c(N(C)C)ccc(OC)c1C(O)=C1CCc2c(c(O)c(C(=O)NC(C)=O)c(O)c2N(C)C)C1=O. The lowest BCUT2D eigenvalue weighted by Gasteiger charge is -2.28. The van der Waals surface area contributed by atoms with E-state index in [2.05, 4.69) is 0 Å². The number of carbonyl (C=O) groups excluding carboxylic acids is 3. The summed E-state index contributed by atoms with van der Waals surface area (Å²) in [5.74, 6) is -3.61. The number of amides is 2. The molecule has 0 radical (unpaired) electrons. The molecule has 2 amide bonds. The average molecular weight is 512 g/mol. The number of aliphatic hydroxyl groups excluding tert-OH is 1. The van der Waals surface area contributed by atoms with Crippen molar-refractivity contribution in [1.29, 1.82) is 0 Å². The highest BCUT2D eigenvalue weighted by molar-refractivity contribution is 6.20. The average Bonchev–Trinajstić information content (AvgIpc) is 2.81. The Balaban J connectivity index is 2.34. The summed E-state index contributed by atoms with van der Waals surface area (Å²) in [5.41, 5.74) is 1.76. The fourth-order valence-electron chi connectivity index (χ4n) is 4.88. The Hall–Kier alpha value is -4.21. The third-order valence-electron chi connectivity index (χ3n) is 6.44. The van der Waals surface area contributed by atoms with Crippen molar-refractivity contribution in [3.05, 3.63) is 45.5 Å². The highest BCUT2D eigenvalue weighted by atomic mass is 16.5. The molecule has 0 atom stereocenters. The molecule has 0 bridgehead atoms. The summed E-state index contributed by atoms with van der Waals surface area (Å²) in [7, 11) is 8.46. The second kappa shape index (κ2) is 10.4. The summed E-state index contributed by atoms with van der Waals surface area (Å²) >= 11 is 0. The number of benzene rings is 2. The van der Waals surface area contributed by atoms with Gasteiger partial charge >= 0.3 is 0 Å². The Morgan fingerprint density at radius 3 is 2.19 bits per heavy atom. The number of phenolic OH excluding ortho intramolecular Hbond substituents is 2. The molecule has 4 N–H and O–H groups in total. The molecular formula is C27H33N3O7. The first kappa shape index (κ1) is 27.4. The number of allylic oxidation sites excluding steroid dienone is 1. The molecule has 2 aromatic rings. The summed E-state index contributed by atoms with van der Waals surface area (Å²) < 4.78 is 5.52. The van der Waals surface area contributed by atoms with Gasteiger partial charge in [0.25, 0.3) is 5.91 Å². The lowest BCUT2D eigenvalue weighted by Crippen LogP contribution is -2.30. The van der Waals surface area contributed by atoms with E-state index in [0.29, 0.717) is 23.3 Å². The predicted molar refractivity (Wildman–Crippen MR) is 141 cm³/mol. The highest BCUT2D eigenvalue weighted by Gasteiger charge is 2.37. The van der Waals surface area contributed by atoms with E-state index in [1.165, 1.54) is 12.0 Å². The van der Waals surface area contributed by atoms with Crippen LogP contribution in [0.25, 0.3) is 5.76 Å². The number of nitrogens with one attached hydrogen (secondary N) is 1. The second-order valence-corrected chi connectivity index (χ2v) is 9.22. The lowest BCUT2D eigenvalue weighted by atomic mass is 9.81. The number of nitrogens with zero attached hydrogens (tertiary/aromatic N) is 2. The largest absolute Gasteiger partial charge is 0.507 e. The molecule has 0 fully saturated rings. The molecule has 10 heteroatoms. The van der Waals surface area contributed by atoms with Crippen molar-refractivity contribution < 1.29 is 34.4 Å². The van der Waals surface area contributed by atoms with Crippen LogP contribution >= 0.6 is 0 Å². The Morgan fingerprint density at radius 1 is 1.03 bits per heavy atom. The number of Topliss-reactive ketones (excluding diaryl/α,β-unsaturated/α-hetero) is 1. The van der Waals surface area contributed by atoms with Crippen molar-refractivity contribution in [2.24, 2.45) is 0 Å². The standard InChI is InChI=1S/C27H33N3O7/c1-8-14-17(29(3)4)11-12-18(37-7)19(14)23(32)16-10-9-15-20(24(16)33)25(34)21(27(36)28-13(2)31)26(35)22(15)30(5)6/h11-12,32,34-35H,8-10H2,1-7H3,(H,28,31,36). The number of carbonyl (C=O) groups is 3. The monoisotopic (exact) mass is 511 g/mol. The van der Waals surface area contributed by atoms with Crippen molar-refractivity contribution in [3.63, 3.8) is 0 Å². The summed E-state index contributed by atoms with van der Waals surface area (Å²) in [6.07, 6.45) is 0.858. The molecule has 1 aliphatic carbocycles. The van der Waals surface area contributed by atoms with Gasteiger partial charge in [-0.25, -0.2) is 0 Å². The number of ketones is 1. The van der Waals surface area contributed by atoms with Gasteiger partial charge in [0.1, 0.15) is 22.8 Å². The van der Waals surface area contributed by atoms with Gasteiger partial charge < -0.3 is 29.9 Å². The summed E-state index contributed by atoms with van der Waals surface area (Å²) in [4.78, 5) is 41.4. The maximum absolute atomic E-state index is 13.8. The molecule has 198 valence electrons. The van der Waals surface area contributed by atoms with E-state index < -0.39 is 34.7 Å². The summed E-state index contributed by atoms with van der Waals surface area (Å²) in [6.45, 7) is 3.04. The van der Waals surface area contributed by atoms with Crippen molar-refractivity contribution in [2.45, 2.75) is 33.1 Å². The van der Waals surface area contributed by atoms with E-state index in [1.807, 2.05) is 37.3 Å². The van der Waals surface area contributed by atoms with E-state index in [-0.39, 0.29) is 35.4 Å². The molecule has 0 saturated heterocycles. The maximum atomic E-state index is 13.8. The number of methoxy groups -OCH3 is 1. The van der Waals surface area contributed by atoms with E-state index in [1.54, 1.807) is 20.2 Å². The van der Waals surface area contributed by atoms with Gasteiger partial charge in [-0.2, -0.15) is 0 Å². The zero-order valence-corrected chi connectivity index (χ0v) is 22.1. The van der Waals surface area contributed by atoms with Crippen molar-refractivity contribution >= 4 is 34.7 Å². The van der Waals surface area contributed by atoms with Crippen LogP contribution in [-0.2, 0) is 17.6 Å². The van der Waals surface area contributed by atoms with Gasteiger partial charge in [-0.1, -0.05) is 6.92 Å². The molecular weight excluding hydrogens is 478 g/mol. The van der Waals surface area contributed by atoms with Gasteiger partial charge in [0.2, 0.25) is 5.91 Å². The summed E-state index contributed by atoms with van der Waals surface area (Å²) in [5, 5.41) is 35.4. The molecule has 0 aromatic heterocycles. The van der Waals surface area contributed by atoms with Crippen LogP contribution in [0, 0.1) is 0 Å². The summed E-state index contributed by atoms with van der Waals surface area (Å²) in [6, 6.07) is 3.58. The highest BCUT2D eigenvalue weighted by Crippen LogP contribution is 2.48. The Morgan fingerprint density at radius 2 is 1.68 bits per heavy atom. The quantitative estimate of drug-likeness (QED) is 0.340.